The standard InChI is InChI=1S/C15H27NO2/c1-14(2,3)11-5-4-9-15(10-8-11,13(17)18)16-12-6-7-12/h11-12,16H,4-10H2,1-3H3,(H,17,18). The van der Waals surface area contributed by atoms with Gasteiger partial charge >= 0.3 is 5.97 Å². The average Bonchev–Trinajstić information content (AvgIpc) is 3.04. The van der Waals surface area contributed by atoms with Crippen molar-refractivity contribution in [2.24, 2.45) is 11.3 Å². The summed E-state index contributed by atoms with van der Waals surface area (Å²) in [5.74, 6) is 0.0173. The van der Waals surface area contributed by atoms with Crippen LogP contribution in [0.2, 0.25) is 0 Å². The highest BCUT2D eigenvalue weighted by molar-refractivity contribution is 5.79. The van der Waals surface area contributed by atoms with Gasteiger partial charge in [0.25, 0.3) is 0 Å². The molecule has 2 atom stereocenters. The number of aliphatic carboxylic acids is 1. The Labute approximate surface area is 110 Å². The van der Waals surface area contributed by atoms with Crippen LogP contribution < -0.4 is 5.32 Å². The Balaban J connectivity index is 2.06. The van der Waals surface area contributed by atoms with Gasteiger partial charge in [0.1, 0.15) is 5.54 Å². The van der Waals surface area contributed by atoms with Crippen molar-refractivity contribution in [2.75, 3.05) is 0 Å². The van der Waals surface area contributed by atoms with Crippen molar-refractivity contribution in [3.8, 4) is 0 Å². The Kier molecular flexibility index (Phi) is 3.72. The molecule has 0 bridgehead atoms. The second kappa shape index (κ2) is 4.84. The zero-order chi connectivity index (χ0) is 13.4. The largest absolute Gasteiger partial charge is 0.480 e. The summed E-state index contributed by atoms with van der Waals surface area (Å²) >= 11 is 0. The topological polar surface area (TPSA) is 49.3 Å². The Morgan fingerprint density at radius 3 is 2.33 bits per heavy atom. The van der Waals surface area contributed by atoms with Crippen molar-refractivity contribution in [1.82, 2.24) is 5.32 Å². The smallest absolute Gasteiger partial charge is 0.323 e. The first-order valence-corrected chi connectivity index (χ1v) is 7.35. The molecule has 18 heavy (non-hydrogen) atoms. The van der Waals surface area contributed by atoms with Crippen LogP contribution in [0.3, 0.4) is 0 Å². The van der Waals surface area contributed by atoms with E-state index in [4.69, 9.17) is 0 Å². The lowest BCUT2D eigenvalue weighted by Gasteiger charge is -2.32. The van der Waals surface area contributed by atoms with Gasteiger partial charge in [-0.1, -0.05) is 27.2 Å². The highest BCUT2D eigenvalue weighted by Crippen LogP contribution is 2.40. The first kappa shape index (κ1) is 13.9. The predicted molar refractivity (Wildman–Crippen MR) is 72.6 cm³/mol. The summed E-state index contributed by atoms with van der Waals surface area (Å²) < 4.78 is 0. The molecule has 2 aliphatic carbocycles. The number of carboxylic acid groups (broad SMARTS) is 1. The number of carbonyl (C=O) groups is 1. The highest BCUT2D eigenvalue weighted by Gasteiger charge is 2.44. The fourth-order valence-corrected chi connectivity index (χ4v) is 3.24. The third kappa shape index (κ3) is 3.05. The molecule has 3 heteroatoms. The lowest BCUT2D eigenvalue weighted by Crippen LogP contribution is -2.52. The molecule has 0 heterocycles. The number of rotatable bonds is 3. The van der Waals surface area contributed by atoms with Gasteiger partial charge in [0.2, 0.25) is 0 Å². The summed E-state index contributed by atoms with van der Waals surface area (Å²) in [5.41, 5.74) is -0.338. The van der Waals surface area contributed by atoms with Crippen LogP contribution in [0.5, 0.6) is 0 Å². The molecule has 2 N–H and O–H groups in total. The van der Waals surface area contributed by atoms with Crippen molar-refractivity contribution >= 4 is 5.97 Å². The molecule has 0 aromatic heterocycles. The van der Waals surface area contributed by atoms with Crippen LogP contribution in [0, 0.1) is 11.3 Å². The van der Waals surface area contributed by atoms with Gasteiger partial charge in [0.15, 0.2) is 0 Å². The summed E-state index contributed by atoms with van der Waals surface area (Å²) in [6.07, 6.45) is 7.13. The molecule has 2 fully saturated rings. The van der Waals surface area contributed by atoms with Gasteiger partial charge in [-0.15, -0.1) is 0 Å². The van der Waals surface area contributed by atoms with Crippen molar-refractivity contribution in [3.63, 3.8) is 0 Å². The summed E-state index contributed by atoms with van der Waals surface area (Å²) in [7, 11) is 0. The minimum atomic E-state index is -0.638. The van der Waals surface area contributed by atoms with Crippen molar-refractivity contribution in [2.45, 2.75) is 77.3 Å². The van der Waals surface area contributed by atoms with E-state index in [1.165, 1.54) is 6.42 Å². The van der Waals surface area contributed by atoms with E-state index >= 15 is 0 Å². The van der Waals surface area contributed by atoms with E-state index in [1.807, 2.05) is 0 Å². The number of carboxylic acids is 1. The van der Waals surface area contributed by atoms with Crippen LogP contribution in [0.15, 0.2) is 0 Å². The molecule has 0 amide bonds. The molecular weight excluding hydrogens is 226 g/mol. The molecule has 2 rings (SSSR count). The summed E-state index contributed by atoms with van der Waals surface area (Å²) in [4.78, 5) is 11.7. The second-order valence-corrected chi connectivity index (χ2v) is 7.30. The van der Waals surface area contributed by atoms with E-state index in [2.05, 4.69) is 26.1 Å². The molecule has 2 unspecified atom stereocenters. The Bertz CT molecular complexity index is 317. The number of hydrogen-bond acceptors (Lipinski definition) is 2. The van der Waals surface area contributed by atoms with Crippen molar-refractivity contribution < 1.29 is 9.90 Å². The highest BCUT2D eigenvalue weighted by atomic mass is 16.4. The Hall–Kier alpha value is -0.570. The quantitative estimate of drug-likeness (QED) is 0.759. The molecule has 3 nitrogen and oxygen atoms in total. The SMILES string of the molecule is CC(C)(C)C1CCCC(NC2CC2)(C(=O)O)CC1. The minimum Gasteiger partial charge on any atom is -0.480 e. The van der Waals surface area contributed by atoms with E-state index in [-0.39, 0.29) is 0 Å². The van der Waals surface area contributed by atoms with E-state index in [1.54, 1.807) is 0 Å². The van der Waals surface area contributed by atoms with Gasteiger partial charge in [-0.3, -0.25) is 10.1 Å². The van der Waals surface area contributed by atoms with E-state index < -0.39 is 11.5 Å². The zero-order valence-electron chi connectivity index (χ0n) is 12.0. The van der Waals surface area contributed by atoms with Gasteiger partial charge in [-0.25, -0.2) is 0 Å². The lowest BCUT2D eigenvalue weighted by atomic mass is 9.76. The van der Waals surface area contributed by atoms with Gasteiger partial charge in [-0.2, -0.15) is 0 Å². The fourth-order valence-electron chi connectivity index (χ4n) is 3.24. The molecule has 0 aliphatic heterocycles. The summed E-state index contributed by atoms with van der Waals surface area (Å²) in [6, 6.07) is 0.465. The maximum absolute atomic E-state index is 11.7. The van der Waals surface area contributed by atoms with Crippen LogP contribution >= 0.6 is 0 Å². The maximum Gasteiger partial charge on any atom is 0.323 e. The zero-order valence-corrected chi connectivity index (χ0v) is 12.0. The Morgan fingerprint density at radius 2 is 1.83 bits per heavy atom. The molecule has 2 aliphatic rings. The van der Waals surface area contributed by atoms with Gasteiger partial charge < -0.3 is 5.11 Å². The molecule has 0 saturated heterocycles. The first-order valence-electron chi connectivity index (χ1n) is 7.35. The molecule has 0 aromatic rings. The van der Waals surface area contributed by atoms with Crippen molar-refractivity contribution in [1.29, 1.82) is 0 Å². The molecule has 2 saturated carbocycles. The molecule has 0 aromatic carbocycles. The number of hydrogen-bond donors (Lipinski definition) is 2. The van der Waals surface area contributed by atoms with E-state index in [0.29, 0.717) is 17.4 Å². The van der Waals surface area contributed by atoms with Crippen LogP contribution in [0.1, 0.15) is 65.7 Å². The fraction of sp³-hybridized carbons (Fsp3) is 0.933. The third-order valence-corrected chi connectivity index (χ3v) is 4.77. The number of nitrogens with one attached hydrogen (secondary N) is 1. The van der Waals surface area contributed by atoms with E-state index in [9.17, 15) is 9.90 Å². The van der Waals surface area contributed by atoms with E-state index in [0.717, 1.165) is 38.5 Å². The van der Waals surface area contributed by atoms with Gasteiger partial charge in [0.05, 0.1) is 0 Å². The molecular formula is C15H27NO2. The first-order chi connectivity index (χ1) is 8.33. The predicted octanol–water partition coefficient (Wildman–Crippen LogP) is 3.19. The summed E-state index contributed by atoms with van der Waals surface area (Å²) in [6.45, 7) is 6.83. The summed E-state index contributed by atoms with van der Waals surface area (Å²) in [5, 5.41) is 13.0. The minimum absolute atomic E-state index is 0.300. The maximum atomic E-state index is 11.7. The van der Waals surface area contributed by atoms with Crippen molar-refractivity contribution in [3.05, 3.63) is 0 Å². The molecule has 0 spiro atoms. The Morgan fingerprint density at radius 1 is 1.17 bits per heavy atom. The van der Waals surface area contributed by atoms with Gasteiger partial charge in [0, 0.05) is 6.04 Å². The van der Waals surface area contributed by atoms with Crippen LogP contribution in [0.25, 0.3) is 0 Å². The molecule has 104 valence electrons. The third-order valence-electron chi connectivity index (χ3n) is 4.77. The van der Waals surface area contributed by atoms with Crippen LogP contribution in [-0.4, -0.2) is 22.7 Å². The monoisotopic (exact) mass is 253 g/mol. The lowest BCUT2D eigenvalue weighted by molar-refractivity contribution is -0.145. The van der Waals surface area contributed by atoms with Gasteiger partial charge in [-0.05, 0) is 49.9 Å². The normalized spacial score (nSPS) is 34.1. The second-order valence-electron chi connectivity index (χ2n) is 7.30. The van der Waals surface area contributed by atoms with Crippen LogP contribution in [-0.2, 0) is 4.79 Å². The average molecular weight is 253 g/mol. The van der Waals surface area contributed by atoms with Crippen LogP contribution in [0.4, 0.5) is 0 Å². The molecule has 0 radical (unpaired) electrons.